The summed E-state index contributed by atoms with van der Waals surface area (Å²) < 4.78 is 0. The Morgan fingerprint density at radius 2 is 2.00 bits per heavy atom. The van der Waals surface area contributed by atoms with E-state index < -0.39 is 11.9 Å². The van der Waals surface area contributed by atoms with Gasteiger partial charge in [-0.1, -0.05) is 23.7 Å². The first-order valence-electron chi connectivity index (χ1n) is 6.53. The molecule has 0 aliphatic heterocycles. The fourth-order valence-electron chi connectivity index (χ4n) is 3.16. The first kappa shape index (κ1) is 13.2. The van der Waals surface area contributed by atoms with Crippen LogP contribution in [0.25, 0.3) is 0 Å². The number of halogens is 1. The summed E-state index contributed by atoms with van der Waals surface area (Å²) in [5.41, 5.74) is 1.72. The molecule has 2 aliphatic carbocycles. The topological polar surface area (TPSA) is 84.0 Å². The van der Waals surface area contributed by atoms with Crippen LogP contribution in [0.15, 0.2) is 35.6 Å². The van der Waals surface area contributed by atoms with Crippen molar-refractivity contribution < 1.29 is 15.0 Å². The highest BCUT2D eigenvalue weighted by molar-refractivity contribution is 6.30. The Bertz CT molecular complexity index is 621. The zero-order chi connectivity index (χ0) is 14.4. The van der Waals surface area contributed by atoms with E-state index in [1.165, 1.54) is 0 Å². The summed E-state index contributed by atoms with van der Waals surface area (Å²) >= 11 is 5.83. The number of carbonyl (C=O) groups is 1. The van der Waals surface area contributed by atoms with E-state index in [1.54, 1.807) is 24.3 Å². The molecule has 0 heterocycles. The van der Waals surface area contributed by atoms with Crippen molar-refractivity contribution in [1.82, 2.24) is 0 Å². The van der Waals surface area contributed by atoms with Crippen molar-refractivity contribution in [3.8, 4) is 0 Å². The molecule has 20 heavy (non-hydrogen) atoms. The molecule has 0 unspecified atom stereocenters. The number of rotatable bonds is 3. The first-order valence-corrected chi connectivity index (χ1v) is 6.91. The van der Waals surface area contributed by atoms with Crippen LogP contribution in [0.3, 0.4) is 0 Å². The number of carboxylic acids is 1. The lowest BCUT2D eigenvalue weighted by atomic mass is 9.91. The molecule has 1 aromatic rings. The van der Waals surface area contributed by atoms with Crippen LogP contribution < -0.4 is 0 Å². The third kappa shape index (κ3) is 2.00. The van der Waals surface area contributed by atoms with Gasteiger partial charge in [-0.3, -0.25) is 10.2 Å². The van der Waals surface area contributed by atoms with Gasteiger partial charge in [-0.25, -0.2) is 0 Å². The van der Waals surface area contributed by atoms with Crippen LogP contribution in [0, 0.1) is 23.2 Å². The number of carboxylic acid groups (broad SMARTS) is 1. The Morgan fingerprint density at radius 3 is 2.60 bits per heavy atom. The van der Waals surface area contributed by atoms with E-state index in [0.717, 1.165) is 12.0 Å². The zero-order valence-electron chi connectivity index (χ0n) is 10.7. The second-order valence-electron chi connectivity index (χ2n) is 5.37. The highest BCUT2D eigenvalue weighted by Gasteiger charge is 2.62. The van der Waals surface area contributed by atoms with Crippen molar-refractivity contribution in [3.63, 3.8) is 0 Å². The molecule has 2 aliphatic rings. The first-order chi connectivity index (χ1) is 9.50. The summed E-state index contributed by atoms with van der Waals surface area (Å²) in [4.78, 5) is 11.1. The van der Waals surface area contributed by atoms with Gasteiger partial charge in [-0.15, -0.1) is 0 Å². The van der Waals surface area contributed by atoms with Crippen LogP contribution in [0.5, 0.6) is 0 Å². The molecule has 3 rings (SSSR count). The normalized spacial score (nSPS) is 27.9. The molecule has 0 spiro atoms. The third-order valence-electron chi connectivity index (χ3n) is 4.27. The van der Waals surface area contributed by atoms with Gasteiger partial charge < -0.3 is 10.2 Å². The molecule has 0 aromatic heterocycles. The van der Waals surface area contributed by atoms with E-state index in [-0.39, 0.29) is 11.8 Å². The van der Waals surface area contributed by atoms with Gasteiger partial charge in [0.2, 0.25) is 5.76 Å². The quantitative estimate of drug-likeness (QED) is 0.662. The Hall–Kier alpha value is -1.81. The monoisotopic (exact) mass is 292 g/mol. The van der Waals surface area contributed by atoms with E-state index in [4.69, 9.17) is 27.2 Å². The molecular formula is C15H15ClNO3+. The van der Waals surface area contributed by atoms with Gasteiger partial charge in [0.1, 0.15) is 0 Å². The van der Waals surface area contributed by atoms with Crippen molar-refractivity contribution >= 4 is 23.3 Å². The molecule has 1 saturated carbocycles. The third-order valence-corrected chi connectivity index (χ3v) is 4.53. The maximum absolute atomic E-state index is 11.1. The fourth-order valence-corrected chi connectivity index (χ4v) is 3.29. The summed E-state index contributed by atoms with van der Waals surface area (Å²) in [6, 6.07) is 6.97. The summed E-state index contributed by atoms with van der Waals surface area (Å²) in [5.74, 6) is -0.985. The van der Waals surface area contributed by atoms with Crippen LogP contribution >= 0.6 is 11.6 Å². The van der Waals surface area contributed by atoms with Crippen LogP contribution in [0.1, 0.15) is 18.4 Å². The lowest BCUT2D eigenvalue weighted by molar-refractivity contribution is -0.139. The number of benzene rings is 1. The van der Waals surface area contributed by atoms with Crippen LogP contribution in [0.4, 0.5) is 0 Å². The van der Waals surface area contributed by atoms with Gasteiger partial charge in [0.05, 0.1) is 23.1 Å². The Morgan fingerprint density at radius 1 is 1.35 bits per heavy atom. The van der Waals surface area contributed by atoms with Gasteiger partial charge >= 0.3 is 5.97 Å². The molecule has 4 nitrogen and oxygen atoms in total. The maximum Gasteiger partial charge on any atom is 0.307 e. The van der Waals surface area contributed by atoms with Crippen molar-refractivity contribution in [2.24, 2.45) is 17.8 Å². The molecule has 0 radical (unpaired) electrons. The Labute approximate surface area is 121 Å². The van der Waals surface area contributed by atoms with E-state index in [2.05, 4.69) is 0 Å². The van der Waals surface area contributed by atoms with Gasteiger partial charge in [0.25, 0.3) is 0 Å². The van der Waals surface area contributed by atoms with E-state index in [9.17, 15) is 4.79 Å². The molecule has 0 saturated heterocycles. The second kappa shape index (κ2) is 4.63. The van der Waals surface area contributed by atoms with Crippen LogP contribution in [-0.4, -0.2) is 21.9 Å². The van der Waals surface area contributed by atoms with Gasteiger partial charge in [0.15, 0.2) is 0 Å². The summed E-state index contributed by atoms with van der Waals surface area (Å²) in [7, 11) is 0. The molecule has 4 N–H and O–H groups in total. The summed E-state index contributed by atoms with van der Waals surface area (Å²) in [5, 5.41) is 26.1. The summed E-state index contributed by atoms with van der Waals surface area (Å²) in [6.07, 6.45) is 1.38. The van der Waals surface area contributed by atoms with E-state index in [0.29, 0.717) is 28.5 Å². The number of fused-ring (bicyclic) bond motifs is 1. The maximum atomic E-state index is 11.1. The second-order valence-corrected chi connectivity index (χ2v) is 5.80. The molecule has 5 heteroatoms. The van der Waals surface area contributed by atoms with Gasteiger partial charge in [-0.05, 0) is 30.9 Å². The smallest absolute Gasteiger partial charge is 0.307 e. The minimum atomic E-state index is -0.816. The Balaban J connectivity index is 1.89. The zero-order valence-corrected chi connectivity index (χ0v) is 11.4. The van der Waals surface area contributed by atoms with Gasteiger partial charge in [0, 0.05) is 10.6 Å². The van der Waals surface area contributed by atoms with Crippen molar-refractivity contribution in [2.45, 2.75) is 12.8 Å². The summed E-state index contributed by atoms with van der Waals surface area (Å²) in [6.45, 7) is 0. The minimum absolute atomic E-state index is 0.0989. The predicted molar refractivity (Wildman–Crippen MR) is 76.3 cm³/mol. The SMILES string of the molecule is N=C(C1=C([OH2+])[C@H]2[C@@H](CC1)[C@H]2C(=O)O)c1ccc(Cl)cc1. The number of hydrogen-bond donors (Lipinski definition) is 2. The lowest BCUT2D eigenvalue weighted by Gasteiger charge is -2.13. The molecule has 0 amide bonds. The van der Waals surface area contributed by atoms with Crippen LogP contribution in [0.2, 0.25) is 5.02 Å². The lowest BCUT2D eigenvalue weighted by Crippen LogP contribution is -2.12. The van der Waals surface area contributed by atoms with Crippen molar-refractivity contribution in [2.75, 3.05) is 0 Å². The number of hydrogen-bond acceptors (Lipinski definition) is 2. The molecular weight excluding hydrogens is 278 g/mol. The molecule has 1 aromatic carbocycles. The predicted octanol–water partition coefficient (Wildman–Crippen LogP) is 2.43. The van der Waals surface area contributed by atoms with E-state index in [1.807, 2.05) is 0 Å². The average molecular weight is 293 g/mol. The van der Waals surface area contributed by atoms with Crippen molar-refractivity contribution in [3.05, 3.63) is 46.2 Å². The molecule has 1 fully saturated rings. The Kier molecular flexibility index (Phi) is 3.05. The largest absolute Gasteiger partial charge is 0.596 e. The fraction of sp³-hybridized carbons (Fsp3) is 0.333. The highest BCUT2D eigenvalue weighted by atomic mass is 35.5. The average Bonchev–Trinajstić information content (AvgIpc) is 3.15. The van der Waals surface area contributed by atoms with Crippen LogP contribution in [-0.2, 0) is 4.79 Å². The van der Waals surface area contributed by atoms with Gasteiger partial charge in [-0.2, -0.15) is 0 Å². The number of aliphatic carboxylic acids is 1. The molecule has 3 atom stereocenters. The molecule has 0 bridgehead atoms. The standard InChI is InChI=1S/C15H14ClNO3/c16-8-3-1-7(2-4-8)13(17)10-6-5-9-11(14(10)18)12(9)15(19)20/h1-4,9,11-12,17-18H,5-6H2,(H,19,20)/p+1/t9-,11+,12-/m1/s1. The van der Waals surface area contributed by atoms with Crippen molar-refractivity contribution in [1.29, 1.82) is 5.41 Å². The van der Waals surface area contributed by atoms with E-state index >= 15 is 0 Å². The minimum Gasteiger partial charge on any atom is -0.596 e. The number of allylic oxidation sites excluding steroid dienone is 2. The number of nitrogens with one attached hydrogen (secondary N) is 1. The highest BCUT2D eigenvalue weighted by Crippen LogP contribution is 2.57. The molecule has 104 valence electrons.